The van der Waals surface area contributed by atoms with Crippen molar-refractivity contribution >= 4 is 27.7 Å². The number of amides is 1. The van der Waals surface area contributed by atoms with Crippen molar-refractivity contribution in [3.05, 3.63) is 40.3 Å². The number of halogens is 1. The summed E-state index contributed by atoms with van der Waals surface area (Å²) in [6.45, 7) is 1.88. The molecular formula is C10H9BrN4O. The molecule has 0 unspecified atom stereocenters. The lowest BCUT2D eigenvalue weighted by molar-refractivity contribution is 0.102. The van der Waals surface area contributed by atoms with Crippen molar-refractivity contribution in [3.8, 4) is 0 Å². The molecule has 0 saturated carbocycles. The maximum Gasteiger partial charge on any atom is 0.260 e. The van der Waals surface area contributed by atoms with Gasteiger partial charge in [-0.25, -0.2) is 4.98 Å². The molecule has 2 heterocycles. The molecule has 0 aliphatic rings. The molecule has 16 heavy (non-hydrogen) atoms. The van der Waals surface area contributed by atoms with Crippen molar-refractivity contribution in [3.63, 3.8) is 0 Å². The monoisotopic (exact) mass is 280 g/mol. The molecule has 5 nitrogen and oxygen atoms in total. The first-order chi connectivity index (χ1) is 7.66. The van der Waals surface area contributed by atoms with E-state index in [-0.39, 0.29) is 5.91 Å². The largest absolute Gasteiger partial charge is 0.306 e. The summed E-state index contributed by atoms with van der Waals surface area (Å²) < 4.78 is 0.881. The zero-order valence-corrected chi connectivity index (χ0v) is 10.1. The maximum atomic E-state index is 11.7. The molecule has 2 N–H and O–H groups in total. The highest BCUT2D eigenvalue weighted by Crippen LogP contribution is 2.17. The number of aryl methyl sites for hydroxylation is 1. The van der Waals surface area contributed by atoms with Gasteiger partial charge in [0.15, 0.2) is 0 Å². The first-order valence-electron chi connectivity index (χ1n) is 4.59. The van der Waals surface area contributed by atoms with Gasteiger partial charge >= 0.3 is 0 Å². The molecule has 6 heteroatoms. The number of carbonyl (C=O) groups is 1. The quantitative estimate of drug-likeness (QED) is 0.885. The van der Waals surface area contributed by atoms with E-state index >= 15 is 0 Å². The average molecular weight is 281 g/mol. The molecule has 0 aromatic carbocycles. The van der Waals surface area contributed by atoms with Crippen LogP contribution in [0.3, 0.4) is 0 Å². The van der Waals surface area contributed by atoms with Gasteiger partial charge in [-0.15, -0.1) is 0 Å². The molecule has 2 rings (SSSR count). The number of anilines is 1. The van der Waals surface area contributed by atoms with Gasteiger partial charge in [-0.2, -0.15) is 5.10 Å². The Labute approximate surface area is 100 Å². The summed E-state index contributed by atoms with van der Waals surface area (Å²) in [6.07, 6.45) is 4.63. The van der Waals surface area contributed by atoms with E-state index in [1.54, 1.807) is 6.20 Å². The third-order valence-corrected chi connectivity index (χ3v) is 2.47. The van der Waals surface area contributed by atoms with Crippen molar-refractivity contribution in [2.45, 2.75) is 6.92 Å². The molecule has 2 aromatic heterocycles. The Kier molecular flexibility index (Phi) is 3.00. The summed E-state index contributed by atoms with van der Waals surface area (Å²) in [7, 11) is 0. The molecule has 0 spiro atoms. The Morgan fingerprint density at radius 2 is 2.31 bits per heavy atom. The van der Waals surface area contributed by atoms with Crippen molar-refractivity contribution in [2.75, 3.05) is 5.32 Å². The lowest BCUT2D eigenvalue weighted by atomic mass is 10.2. The second kappa shape index (κ2) is 4.44. The van der Waals surface area contributed by atoms with E-state index in [9.17, 15) is 4.79 Å². The van der Waals surface area contributed by atoms with Crippen molar-refractivity contribution in [2.24, 2.45) is 0 Å². The molecular weight excluding hydrogens is 272 g/mol. The Morgan fingerprint density at radius 1 is 1.50 bits per heavy atom. The topological polar surface area (TPSA) is 70.7 Å². The first kappa shape index (κ1) is 10.8. The van der Waals surface area contributed by atoms with Crippen LogP contribution in [0.5, 0.6) is 0 Å². The second-order valence-corrected chi connectivity index (χ2v) is 4.18. The van der Waals surface area contributed by atoms with Gasteiger partial charge in [0.05, 0.1) is 11.8 Å². The van der Waals surface area contributed by atoms with E-state index in [1.807, 2.05) is 13.0 Å². The maximum absolute atomic E-state index is 11.7. The Hall–Kier alpha value is -1.69. The van der Waals surface area contributed by atoms with Gasteiger partial charge in [-0.1, -0.05) is 0 Å². The number of aromatic amines is 1. The van der Waals surface area contributed by atoms with Crippen LogP contribution in [0.15, 0.2) is 29.1 Å². The van der Waals surface area contributed by atoms with Crippen LogP contribution in [-0.2, 0) is 0 Å². The molecule has 82 valence electrons. The van der Waals surface area contributed by atoms with Crippen molar-refractivity contribution in [1.82, 2.24) is 15.2 Å². The van der Waals surface area contributed by atoms with E-state index < -0.39 is 0 Å². The molecule has 2 aromatic rings. The molecule has 0 bridgehead atoms. The predicted octanol–water partition coefficient (Wildman–Crippen LogP) is 2.13. The Morgan fingerprint density at radius 3 is 2.94 bits per heavy atom. The van der Waals surface area contributed by atoms with Crippen LogP contribution in [0.25, 0.3) is 0 Å². The number of hydrogen-bond donors (Lipinski definition) is 2. The zero-order valence-electron chi connectivity index (χ0n) is 8.49. The van der Waals surface area contributed by atoms with Gasteiger partial charge in [0.2, 0.25) is 0 Å². The van der Waals surface area contributed by atoms with Crippen LogP contribution in [0, 0.1) is 6.92 Å². The third kappa shape index (κ3) is 2.27. The fourth-order valence-corrected chi connectivity index (χ4v) is 1.67. The minimum atomic E-state index is -0.230. The molecule has 1 amide bonds. The average Bonchev–Trinajstić information content (AvgIpc) is 2.75. The van der Waals surface area contributed by atoms with Crippen LogP contribution >= 0.6 is 15.9 Å². The van der Waals surface area contributed by atoms with Crippen LogP contribution < -0.4 is 5.32 Å². The second-order valence-electron chi connectivity index (χ2n) is 3.26. The molecule has 0 aliphatic carbocycles. The minimum Gasteiger partial charge on any atom is -0.306 e. The fourth-order valence-electron chi connectivity index (χ4n) is 1.23. The van der Waals surface area contributed by atoms with Crippen LogP contribution in [-0.4, -0.2) is 21.1 Å². The van der Waals surface area contributed by atoms with Gasteiger partial charge < -0.3 is 5.32 Å². The standard InChI is InChI=1S/C10H9BrN4O/c1-6-2-8(11)5-12-9(6)15-10(16)7-3-13-14-4-7/h2-5H,1H3,(H,13,14)(H,12,15,16). The smallest absolute Gasteiger partial charge is 0.260 e. The first-order valence-corrected chi connectivity index (χ1v) is 5.38. The highest BCUT2D eigenvalue weighted by Gasteiger charge is 2.09. The van der Waals surface area contributed by atoms with Crippen molar-refractivity contribution in [1.29, 1.82) is 0 Å². The minimum absolute atomic E-state index is 0.230. The van der Waals surface area contributed by atoms with Gasteiger partial charge in [0.1, 0.15) is 5.82 Å². The summed E-state index contributed by atoms with van der Waals surface area (Å²) in [6, 6.07) is 1.89. The summed E-state index contributed by atoms with van der Waals surface area (Å²) in [5.74, 6) is 0.320. The molecule has 0 fully saturated rings. The number of pyridine rings is 1. The van der Waals surface area contributed by atoms with Gasteiger partial charge in [0.25, 0.3) is 5.91 Å². The Balaban J connectivity index is 2.18. The van der Waals surface area contributed by atoms with Gasteiger partial charge in [-0.05, 0) is 34.5 Å². The highest BCUT2D eigenvalue weighted by molar-refractivity contribution is 9.10. The van der Waals surface area contributed by atoms with E-state index in [0.29, 0.717) is 11.4 Å². The van der Waals surface area contributed by atoms with Gasteiger partial charge in [-0.3, -0.25) is 9.89 Å². The third-order valence-electron chi connectivity index (χ3n) is 2.04. The normalized spacial score (nSPS) is 10.1. The number of nitrogens with zero attached hydrogens (tertiary/aromatic N) is 2. The number of hydrogen-bond acceptors (Lipinski definition) is 3. The van der Waals surface area contributed by atoms with Crippen LogP contribution in [0.4, 0.5) is 5.82 Å². The summed E-state index contributed by atoms with van der Waals surface area (Å²) in [5, 5.41) is 9.00. The molecule has 0 aliphatic heterocycles. The SMILES string of the molecule is Cc1cc(Br)cnc1NC(=O)c1cn[nH]c1. The number of H-pyrrole nitrogens is 1. The molecule has 0 radical (unpaired) electrons. The van der Waals surface area contributed by atoms with E-state index in [4.69, 9.17) is 0 Å². The molecule has 0 atom stereocenters. The van der Waals surface area contributed by atoms with E-state index in [0.717, 1.165) is 10.0 Å². The Bertz CT molecular complexity index is 510. The van der Waals surface area contributed by atoms with E-state index in [1.165, 1.54) is 12.4 Å². The highest BCUT2D eigenvalue weighted by atomic mass is 79.9. The summed E-state index contributed by atoms with van der Waals surface area (Å²) in [5.41, 5.74) is 1.37. The van der Waals surface area contributed by atoms with Crippen LogP contribution in [0.2, 0.25) is 0 Å². The van der Waals surface area contributed by atoms with Crippen LogP contribution in [0.1, 0.15) is 15.9 Å². The summed E-state index contributed by atoms with van der Waals surface area (Å²) >= 11 is 3.31. The molecule has 0 saturated heterocycles. The predicted molar refractivity (Wildman–Crippen MR) is 63.2 cm³/mol. The number of nitrogens with one attached hydrogen (secondary N) is 2. The number of rotatable bonds is 2. The lowest BCUT2D eigenvalue weighted by Gasteiger charge is -2.05. The number of carbonyl (C=O) groups excluding carboxylic acids is 1. The zero-order chi connectivity index (χ0) is 11.5. The van der Waals surface area contributed by atoms with Gasteiger partial charge in [0, 0.05) is 16.9 Å². The summed E-state index contributed by atoms with van der Waals surface area (Å²) in [4.78, 5) is 15.8. The lowest BCUT2D eigenvalue weighted by Crippen LogP contribution is -2.13. The number of aromatic nitrogens is 3. The van der Waals surface area contributed by atoms with E-state index in [2.05, 4.69) is 36.4 Å². The fraction of sp³-hybridized carbons (Fsp3) is 0.100. The van der Waals surface area contributed by atoms with Crippen molar-refractivity contribution < 1.29 is 4.79 Å².